The predicted molar refractivity (Wildman–Crippen MR) is 77.3 cm³/mol. The third kappa shape index (κ3) is 4.25. The second kappa shape index (κ2) is 6.54. The summed E-state index contributed by atoms with van der Waals surface area (Å²) in [5.74, 6) is -1.37. The van der Waals surface area contributed by atoms with Crippen molar-refractivity contribution in [2.75, 3.05) is 13.6 Å². The highest BCUT2D eigenvalue weighted by Gasteiger charge is 2.36. The third-order valence-electron chi connectivity index (χ3n) is 4.23. The van der Waals surface area contributed by atoms with Gasteiger partial charge >= 0.3 is 5.97 Å². The van der Waals surface area contributed by atoms with Crippen molar-refractivity contribution in [2.24, 2.45) is 5.92 Å². The number of nitrogens with zero attached hydrogens (tertiary/aromatic N) is 1. The molecule has 0 aliphatic heterocycles. The van der Waals surface area contributed by atoms with Crippen LogP contribution in [0.1, 0.15) is 31.2 Å². The number of likely N-dealkylation sites (N-methyl/N-ethyl adjacent to an activating group) is 1. The fraction of sp³-hybridized carbons (Fsp3) is 0.562. The minimum absolute atomic E-state index is 0.245. The molecule has 0 radical (unpaired) electrons. The summed E-state index contributed by atoms with van der Waals surface area (Å²) >= 11 is 0. The highest BCUT2D eigenvalue weighted by atomic mass is 19.1. The molecule has 0 heterocycles. The molecular formula is C16H22FNO3. The van der Waals surface area contributed by atoms with E-state index >= 15 is 0 Å². The molecule has 1 aliphatic rings. The lowest BCUT2D eigenvalue weighted by Crippen LogP contribution is -2.44. The Balaban J connectivity index is 1.89. The van der Waals surface area contributed by atoms with Gasteiger partial charge in [-0.25, -0.2) is 4.39 Å². The maximum Gasteiger partial charge on any atom is 0.306 e. The van der Waals surface area contributed by atoms with E-state index in [2.05, 4.69) is 0 Å². The van der Waals surface area contributed by atoms with Gasteiger partial charge in [-0.2, -0.15) is 0 Å². The Morgan fingerprint density at radius 3 is 2.57 bits per heavy atom. The van der Waals surface area contributed by atoms with Crippen molar-refractivity contribution < 1.29 is 19.4 Å². The highest BCUT2D eigenvalue weighted by Crippen LogP contribution is 2.33. The van der Waals surface area contributed by atoms with Crippen LogP contribution in [0.15, 0.2) is 24.3 Å². The van der Waals surface area contributed by atoms with Gasteiger partial charge in [-0.3, -0.25) is 9.69 Å². The molecule has 0 aromatic heterocycles. The fourth-order valence-electron chi connectivity index (χ4n) is 3.04. The number of hydrogen-bond donors (Lipinski definition) is 2. The van der Waals surface area contributed by atoms with Gasteiger partial charge in [0.1, 0.15) is 5.82 Å². The van der Waals surface area contributed by atoms with Crippen molar-refractivity contribution >= 4 is 5.97 Å². The summed E-state index contributed by atoms with van der Waals surface area (Å²) in [5.41, 5.74) is -0.269. The molecule has 116 valence electrons. The first-order chi connectivity index (χ1) is 9.89. The zero-order valence-corrected chi connectivity index (χ0v) is 12.3. The van der Waals surface area contributed by atoms with Crippen LogP contribution in [-0.4, -0.2) is 40.3 Å². The minimum atomic E-state index is -0.869. The van der Waals surface area contributed by atoms with Crippen LogP contribution in [0.2, 0.25) is 0 Å². The lowest BCUT2D eigenvalue weighted by molar-refractivity contribution is -0.145. The minimum Gasteiger partial charge on any atom is -0.481 e. The van der Waals surface area contributed by atoms with Gasteiger partial charge in [0.05, 0.1) is 11.5 Å². The summed E-state index contributed by atoms with van der Waals surface area (Å²) in [6.45, 7) is 0.852. The van der Waals surface area contributed by atoms with Crippen LogP contribution in [0.3, 0.4) is 0 Å². The van der Waals surface area contributed by atoms with Gasteiger partial charge < -0.3 is 10.2 Å². The number of carboxylic acid groups (broad SMARTS) is 1. The largest absolute Gasteiger partial charge is 0.481 e. The number of hydrogen-bond acceptors (Lipinski definition) is 3. The second-order valence-electron chi connectivity index (χ2n) is 6.10. The maximum atomic E-state index is 13.6. The first-order valence-corrected chi connectivity index (χ1v) is 7.27. The molecule has 5 heteroatoms. The van der Waals surface area contributed by atoms with Crippen LogP contribution < -0.4 is 0 Å². The molecule has 4 nitrogen and oxygen atoms in total. The fourth-order valence-corrected chi connectivity index (χ4v) is 3.04. The lowest BCUT2D eigenvalue weighted by Gasteiger charge is -2.37. The predicted octanol–water partition coefficient (Wildman–Crippen LogP) is 2.26. The molecule has 0 amide bonds. The van der Waals surface area contributed by atoms with Gasteiger partial charge in [-0.1, -0.05) is 18.2 Å². The maximum absolute atomic E-state index is 13.6. The van der Waals surface area contributed by atoms with Crippen molar-refractivity contribution in [3.8, 4) is 0 Å². The Bertz CT molecular complexity index is 498. The van der Waals surface area contributed by atoms with E-state index in [1.165, 1.54) is 6.07 Å². The van der Waals surface area contributed by atoms with Crippen molar-refractivity contribution in [3.05, 3.63) is 35.6 Å². The SMILES string of the molecule is CN(Cc1ccccc1F)CC1(O)CCC(C(=O)O)CC1. The first-order valence-electron chi connectivity index (χ1n) is 7.27. The number of aliphatic hydroxyl groups is 1. The molecule has 0 unspecified atom stereocenters. The van der Waals surface area contributed by atoms with E-state index in [4.69, 9.17) is 5.11 Å². The van der Waals surface area contributed by atoms with Gasteiger partial charge in [0.25, 0.3) is 0 Å². The molecule has 1 aromatic carbocycles. The Kier molecular flexibility index (Phi) is 4.96. The van der Waals surface area contributed by atoms with Crippen molar-refractivity contribution in [1.29, 1.82) is 0 Å². The number of aliphatic carboxylic acids is 1. The van der Waals surface area contributed by atoms with Gasteiger partial charge in [0.15, 0.2) is 0 Å². The van der Waals surface area contributed by atoms with E-state index in [9.17, 15) is 14.3 Å². The molecule has 1 fully saturated rings. The van der Waals surface area contributed by atoms with E-state index < -0.39 is 11.6 Å². The Morgan fingerprint density at radius 2 is 2.00 bits per heavy atom. The van der Waals surface area contributed by atoms with E-state index in [0.717, 1.165) is 0 Å². The second-order valence-corrected chi connectivity index (χ2v) is 6.10. The normalized spacial score (nSPS) is 26.0. The number of carboxylic acids is 1. The van der Waals surface area contributed by atoms with E-state index in [0.29, 0.717) is 44.3 Å². The van der Waals surface area contributed by atoms with Crippen molar-refractivity contribution in [3.63, 3.8) is 0 Å². The van der Waals surface area contributed by atoms with Crippen LogP contribution in [0, 0.1) is 11.7 Å². The molecule has 21 heavy (non-hydrogen) atoms. The van der Waals surface area contributed by atoms with Gasteiger partial charge in [-0.15, -0.1) is 0 Å². The molecule has 1 saturated carbocycles. The monoisotopic (exact) mass is 295 g/mol. The van der Waals surface area contributed by atoms with Crippen LogP contribution in [0.5, 0.6) is 0 Å². The van der Waals surface area contributed by atoms with Crippen LogP contribution in [0.4, 0.5) is 4.39 Å². The summed E-state index contributed by atoms with van der Waals surface area (Å²) < 4.78 is 13.6. The topological polar surface area (TPSA) is 60.8 Å². The summed E-state index contributed by atoms with van der Waals surface area (Å²) in [4.78, 5) is 12.8. The smallest absolute Gasteiger partial charge is 0.306 e. The Morgan fingerprint density at radius 1 is 1.38 bits per heavy atom. The van der Waals surface area contributed by atoms with Gasteiger partial charge in [0.2, 0.25) is 0 Å². The number of rotatable bonds is 5. The number of halogens is 1. The van der Waals surface area contributed by atoms with E-state index in [1.54, 1.807) is 18.2 Å². The van der Waals surface area contributed by atoms with Crippen LogP contribution >= 0.6 is 0 Å². The molecule has 1 aliphatic carbocycles. The number of benzene rings is 1. The quantitative estimate of drug-likeness (QED) is 0.875. The average molecular weight is 295 g/mol. The number of carbonyl (C=O) groups is 1. The molecule has 0 saturated heterocycles. The van der Waals surface area contributed by atoms with Crippen molar-refractivity contribution in [1.82, 2.24) is 4.90 Å². The molecule has 1 aromatic rings. The summed E-state index contributed by atoms with van der Waals surface area (Å²) in [7, 11) is 1.84. The summed E-state index contributed by atoms with van der Waals surface area (Å²) in [6, 6.07) is 6.60. The zero-order valence-electron chi connectivity index (χ0n) is 12.3. The van der Waals surface area contributed by atoms with Crippen LogP contribution in [-0.2, 0) is 11.3 Å². The standard InChI is InChI=1S/C16H22FNO3/c1-18(10-13-4-2-3-5-14(13)17)11-16(21)8-6-12(7-9-16)15(19)20/h2-5,12,21H,6-11H2,1H3,(H,19,20). The first kappa shape index (κ1) is 15.9. The van der Waals surface area contributed by atoms with Crippen molar-refractivity contribution in [2.45, 2.75) is 37.8 Å². The van der Waals surface area contributed by atoms with Gasteiger partial charge in [-0.05, 0) is 38.8 Å². The van der Waals surface area contributed by atoms with Crippen LogP contribution in [0.25, 0.3) is 0 Å². The molecule has 0 bridgehead atoms. The summed E-state index contributed by atoms with van der Waals surface area (Å²) in [6.07, 6.45) is 1.95. The third-order valence-corrected chi connectivity index (χ3v) is 4.23. The molecule has 2 rings (SSSR count). The molecular weight excluding hydrogens is 273 g/mol. The van der Waals surface area contributed by atoms with E-state index in [1.807, 2.05) is 11.9 Å². The highest BCUT2D eigenvalue weighted by molar-refractivity contribution is 5.70. The van der Waals surface area contributed by atoms with Gasteiger partial charge in [0, 0.05) is 18.7 Å². The zero-order chi connectivity index (χ0) is 15.5. The summed E-state index contributed by atoms with van der Waals surface area (Å²) in [5, 5.41) is 19.5. The molecule has 2 N–H and O–H groups in total. The molecule has 0 atom stereocenters. The Labute approximate surface area is 124 Å². The lowest BCUT2D eigenvalue weighted by atomic mass is 9.78. The van der Waals surface area contributed by atoms with E-state index in [-0.39, 0.29) is 11.7 Å². The average Bonchev–Trinajstić information content (AvgIpc) is 2.41. The molecule has 0 spiro atoms. The Hall–Kier alpha value is -1.46.